The summed E-state index contributed by atoms with van der Waals surface area (Å²) in [5.41, 5.74) is 3.97. The molecule has 22 heavy (non-hydrogen) atoms. The summed E-state index contributed by atoms with van der Waals surface area (Å²) < 4.78 is 2.33. The first kappa shape index (κ1) is 12.8. The smallest absolute Gasteiger partial charge is 0.112 e. The van der Waals surface area contributed by atoms with Gasteiger partial charge in [0.05, 0.1) is 29.8 Å². The number of hydrogen-bond acceptors (Lipinski definition) is 4. The molecular weight excluding hydrogens is 294 g/mol. The van der Waals surface area contributed by atoms with Crippen molar-refractivity contribution in [3.05, 3.63) is 41.5 Å². The normalized spacial score (nSPS) is 24.9. The number of H-pyrrole nitrogens is 1. The Morgan fingerprint density at radius 3 is 2.77 bits per heavy atom. The Morgan fingerprint density at radius 1 is 1.18 bits per heavy atom. The third-order valence-corrected chi connectivity index (χ3v) is 6.00. The number of hydrogen-bond donors (Lipinski definition) is 1. The van der Waals surface area contributed by atoms with Gasteiger partial charge in [-0.3, -0.25) is 9.78 Å². The van der Waals surface area contributed by atoms with E-state index in [9.17, 15) is 0 Å². The van der Waals surface area contributed by atoms with E-state index < -0.39 is 0 Å². The lowest BCUT2D eigenvalue weighted by molar-refractivity contribution is 0.282. The second-order valence-corrected chi connectivity index (χ2v) is 7.42. The Hall–Kier alpha value is -1.69. The highest BCUT2D eigenvalue weighted by molar-refractivity contribution is 8.02. The zero-order chi connectivity index (χ0) is 14.5. The maximum absolute atomic E-state index is 4.77. The predicted octanol–water partition coefficient (Wildman–Crippen LogP) is 3.93. The Labute approximate surface area is 133 Å². The number of nitrogens with zero attached hydrogens (tertiary/aromatic N) is 4. The fourth-order valence-corrected chi connectivity index (χ4v) is 4.35. The lowest BCUT2D eigenvalue weighted by Gasteiger charge is -2.29. The van der Waals surface area contributed by atoms with E-state index in [-0.39, 0.29) is 5.37 Å². The van der Waals surface area contributed by atoms with Crippen LogP contribution in [0.15, 0.2) is 30.2 Å². The highest BCUT2D eigenvalue weighted by Crippen LogP contribution is 2.50. The Kier molecular flexibility index (Phi) is 2.86. The topological polar surface area (TPSA) is 49.7 Å². The molecule has 5 rings (SSSR count). The minimum absolute atomic E-state index is 0.273. The lowest BCUT2D eigenvalue weighted by atomic mass is 9.93. The molecule has 3 aliphatic rings. The maximum Gasteiger partial charge on any atom is 0.112 e. The molecule has 0 spiro atoms. The van der Waals surface area contributed by atoms with Gasteiger partial charge >= 0.3 is 0 Å². The molecule has 2 aliphatic carbocycles. The van der Waals surface area contributed by atoms with Crippen molar-refractivity contribution in [2.75, 3.05) is 4.90 Å². The number of thioether (sulfide) groups is 1. The van der Waals surface area contributed by atoms with E-state index in [1.54, 1.807) is 0 Å². The van der Waals surface area contributed by atoms with Crippen molar-refractivity contribution >= 4 is 17.4 Å². The summed E-state index contributed by atoms with van der Waals surface area (Å²) in [6.07, 6.45) is 14.7. The first-order valence-electron chi connectivity index (χ1n) is 8.08. The van der Waals surface area contributed by atoms with Crippen LogP contribution in [0.3, 0.4) is 0 Å². The first-order valence-corrected chi connectivity index (χ1v) is 9.02. The largest absolute Gasteiger partial charge is 0.328 e. The zero-order valence-corrected chi connectivity index (χ0v) is 13.2. The molecule has 1 atom stereocenters. The number of nitrogens with one attached hydrogen (secondary N) is 1. The van der Waals surface area contributed by atoms with Crippen molar-refractivity contribution in [3.63, 3.8) is 0 Å². The summed E-state index contributed by atoms with van der Waals surface area (Å²) >= 11 is 1.83. The van der Waals surface area contributed by atoms with Gasteiger partial charge in [-0.1, -0.05) is 0 Å². The fourth-order valence-electron chi connectivity index (χ4n) is 3.40. The van der Waals surface area contributed by atoms with Gasteiger partial charge in [-0.25, -0.2) is 0 Å². The first-order chi connectivity index (χ1) is 10.9. The molecule has 1 N–H and O–H groups in total. The minimum Gasteiger partial charge on any atom is -0.328 e. The number of aromatic amines is 1. The molecular formula is C16H19N5S. The van der Waals surface area contributed by atoms with Crippen molar-refractivity contribution in [2.24, 2.45) is 0 Å². The quantitative estimate of drug-likeness (QED) is 0.929. The van der Waals surface area contributed by atoms with Crippen molar-refractivity contribution in [3.8, 4) is 0 Å². The van der Waals surface area contributed by atoms with Gasteiger partial charge in [-0.05, 0) is 37.5 Å². The molecule has 2 aromatic rings. The van der Waals surface area contributed by atoms with Crippen LogP contribution in [-0.2, 0) is 0 Å². The molecule has 0 saturated heterocycles. The van der Waals surface area contributed by atoms with Crippen LogP contribution >= 0.6 is 11.8 Å². The van der Waals surface area contributed by atoms with Crippen molar-refractivity contribution in [1.82, 2.24) is 20.0 Å². The monoisotopic (exact) mass is 313 g/mol. The molecule has 5 nitrogen and oxygen atoms in total. The van der Waals surface area contributed by atoms with Gasteiger partial charge in [0.2, 0.25) is 0 Å². The Bertz CT molecular complexity index is 696. The molecule has 0 aromatic carbocycles. The van der Waals surface area contributed by atoms with Crippen molar-refractivity contribution in [1.29, 1.82) is 0 Å². The number of anilines is 1. The fraction of sp³-hybridized carbons (Fsp3) is 0.500. The van der Waals surface area contributed by atoms with Crippen LogP contribution in [-0.4, -0.2) is 20.0 Å². The van der Waals surface area contributed by atoms with E-state index in [2.05, 4.69) is 37.6 Å². The van der Waals surface area contributed by atoms with Crippen LogP contribution in [0.2, 0.25) is 0 Å². The van der Waals surface area contributed by atoms with E-state index in [4.69, 9.17) is 5.10 Å². The van der Waals surface area contributed by atoms with Crippen LogP contribution in [0, 0.1) is 0 Å². The number of rotatable bonds is 4. The molecule has 6 heteroatoms. The minimum atomic E-state index is 0.273. The van der Waals surface area contributed by atoms with Crippen LogP contribution in [0.1, 0.15) is 60.7 Å². The third-order valence-electron chi connectivity index (χ3n) is 4.96. The zero-order valence-electron chi connectivity index (χ0n) is 12.4. The van der Waals surface area contributed by atoms with Gasteiger partial charge in [0, 0.05) is 23.9 Å². The summed E-state index contributed by atoms with van der Waals surface area (Å²) in [7, 11) is 0. The van der Waals surface area contributed by atoms with Gasteiger partial charge in [0.1, 0.15) is 5.37 Å². The summed E-state index contributed by atoms with van der Waals surface area (Å²) in [5, 5.41) is 14.3. The van der Waals surface area contributed by atoms with Gasteiger partial charge in [-0.2, -0.15) is 10.2 Å². The molecule has 1 unspecified atom stereocenters. The summed E-state index contributed by atoms with van der Waals surface area (Å²) in [6.45, 7) is 0. The van der Waals surface area contributed by atoms with Gasteiger partial charge in [-0.15, -0.1) is 11.8 Å². The molecule has 0 radical (unpaired) electrons. The SMILES string of the molecule is C1=CN(c2cnn(C3CCC3)c2C2CC2)C(c2cn[nH]c2)S1. The van der Waals surface area contributed by atoms with Crippen molar-refractivity contribution in [2.45, 2.75) is 49.4 Å². The average molecular weight is 313 g/mol. The summed E-state index contributed by atoms with van der Waals surface area (Å²) in [5.74, 6) is 0.710. The van der Waals surface area contributed by atoms with Crippen LogP contribution in [0.5, 0.6) is 0 Å². The third kappa shape index (κ3) is 1.93. The second kappa shape index (κ2) is 4.91. The summed E-state index contributed by atoms with van der Waals surface area (Å²) in [4.78, 5) is 2.37. The molecule has 1 aliphatic heterocycles. The van der Waals surface area contributed by atoms with E-state index in [0.29, 0.717) is 12.0 Å². The molecule has 2 aromatic heterocycles. The lowest BCUT2D eigenvalue weighted by Crippen LogP contribution is -2.22. The standard InChI is InChI=1S/C16H19N5S/c1-2-13(3-1)21-15(11-4-5-11)14(10-19-21)20-6-7-22-16(20)12-8-17-18-9-12/h6-11,13,16H,1-5H2,(H,17,18). The highest BCUT2D eigenvalue weighted by Gasteiger charge is 2.37. The molecule has 2 saturated carbocycles. The molecule has 2 fully saturated rings. The second-order valence-electron chi connectivity index (χ2n) is 6.43. The van der Waals surface area contributed by atoms with Gasteiger partial charge in [0.15, 0.2) is 0 Å². The molecule has 114 valence electrons. The van der Waals surface area contributed by atoms with Gasteiger partial charge in [0.25, 0.3) is 0 Å². The maximum atomic E-state index is 4.77. The number of aromatic nitrogens is 4. The van der Waals surface area contributed by atoms with Crippen molar-refractivity contribution < 1.29 is 0 Å². The highest BCUT2D eigenvalue weighted by atomic mass is 32.2. The average Bonchev–Trinajstić information content (AvgIpc) is 2.94. The summed E-state index contributed by atoms with van der Waals surface area (Å²) in [6, 6.07) is 0.635. The van der Waals surface area contributed by atoms with E-state index in [0.717, 1.165) is 0 Å². The van der Waals surface area contributed by atoms with E-state index in [1.165, 1.54) is 49.0 Å². The molecule has 0 bridgehead atoms. The van der Waals surface area contributed by atoms with E-state index >= 15 is 0 Å². The molecule has 0 amide bonds. The van der Waals surface area contributed by atoms with Crippen LogP contribution < -0.4 is 4.90 Å². The predicted molar refractivity (Wildman–Crippen MR) is 87.6 cm³/mol. The van der Waals surface area contributed by atoms with E-state index in [1.807, 2.05) is 24.2 Å². The van der Waals surface area contributed by atoms with Crippen LogP contribution in [0.25, 0.3) is 0 Å². The Balaban J connectivity index is 1.54. The molecule has 3 heterocycles. The Morgan fingerprint density at radius 2 is 2.09 bits per heavy atom. The van der Waals surface area contributed by atoms with Crippen LogP contribution in [0.4, 0.5) is 5.69 Å². The van der Waals surface area contributed by atoms with Gasteiger partial charge < -0.3 is 4.90 Å².